The predicted molar refractivity (Wildman–Crippen MR) is 86.0 cm³/mol. The van der Waals surface area contributed by atoms with Gasteiger partial charge in [0.2, 0.25) is 0 Å². The largest absolute Gasteiger partial charge is 0.488 e. The number of hydrogen-bond acceptors (Lipinski definition) is 4. The number of benzene rings is 1. The third kappa shape index (κ3) is 4.22. The van der Waals surface area contributed by atoms with Gasteiger partial charge >= 0.3 is 0 Å². The van der Waals surface area contributed by atoms with Crippen molar-refractivity contribution in [2.45, 2.75) is 50.4 Å². The van der Waals surface area contributed by atoms with Crippen LogP contribution in [0.3, 0.4) is 0 Å². The van der Waals surface area contributed by atoms with Gasteiger partial charge in [0, 0.05) is 19.3 Å². The second-order valence-electron chi connectivity index (χ2n) is 6.46. The zero-order valence-electron chi connectivity index (χ0n) is 13.1. The molecule has 22 heavy (non-hydrogen) atoms. The fourth-order valence-electron chi connectivity index (χ4n) is 3.43. The Bertz CT molecular complexity index is 433. The van der Waals surface area contributed by atoms with E-state index in [-0.39, 0.29) is 12.1 Å². The summed E-state index contributed by atoms with van der Waals surface area (Å²) in [6.07, 6.45) is 4.75. The monoisotopic (exact) mass is 305 g/mol. The van der Waals surface area contributed by atoms with E-state index in [4.69, 9.17) is 9.47 Å². The minimum Gasteiger partial charge on any atom is -0.488 e. The average Bonchev–Trinajstić information content (AvgIpc) is 2.58. The van der Waals surface area contributed by atoms with E-state index in [2.05, 4.69) is 5.32 Å². The Kier molecular flexibility index (Phi) is 5.70. The van der Waals surface area contributed by atoms with Crippen molar-refractivity contribution >= 4 is 0 Å². The molecule has 3 atom stereocenters. The van der Waals surface area contributed by atoms with Crippen LogP contribution in [-0.4, -0.2) is 43.1 Å². The van der Waals surface area contributed by atoms with Crippen molar-refractivity contribution in [3.05, 3.63) is 30.3 Å². The molecule has 0 amide bonds. The van der Waals surface area contributed by atoms with Crippen LogP contribution >= 0.6 is 0 Å². The fraction of sp³-hybridized carbons (Fsp3) is 0.667. The smallest absolute Gasteiger partial charge is 0.126 e. The van der Waals surface area contributed by atoms with Crippen LogP contribution in [0.4, 0.5) is 0 Å². The van der Waals surface area contributed by atoms with Crippen LogP contribution in [-0.2, 0) is 4.74 Å². The third-order valence-electron chi connectivity index (χ3n) is 4.84. The van der Waals surface area contributed by atoms with Crippen molar-refractivity contribution in [2.75, 3.05) is 19.8 Å². The SMILES string of the molecule is O[C@@H]1[C@@H](NCC2CCOCC2)CCC[C@H]1Oc1ccccc1. The normalized spacial score (nSPS) is 30.1. The number of hydrogen-bond donors (Lipinski definition) is 2. The van der Waals surface area contributed by atoms with Gasteiger partial charge in [-0.1, -0.05) is 18.2 Å². The molecular formula is C18H27NO3. The van der Waals surface area contributed by atoms with Crippen LogP contribution < -0.4 is 10.1 Å². The fourth-order valence-corrected chi connectivity index (χ4v) is 3.43. The van der Waals surface area contributed by atoms with Crippen LogP contribution in [0.1, 0.15) is 32.1 Å². The summed E-state index contributed by atoms with van der Waals surface area (Å²) in [6.45, 7) is 2.72. The number of nitrogens with one attached hydrogen (secondary N) is 1. The zero-order valence-corrected chi connectivity index (χ0v) is 13.1. The molecular weight excluding hydrogens is 278 g/mol. The Hall–Kier alpha value is -1.10. The first-order valence-electron chi connectivity index (χ1n) is 8.54. The maximum Gasteiger partial charge on any atom is 0.126 e. The molecule has 0 unspecified atom stereocenters. The highest BCUT2D eigenvalue weighted by atomic mass is 16.5. The van der Waals surface area contributed by atoms with Crippen LogP contribution in [0.5, 0.6) is 5.75 Å². The maximum absolute atomic E-state index is 10.6. The lowest BCUT2D eigenvalue weighted by Gasteiger charge is -2.36. The van der Waals surface area contributed by atoms with Crippen LogP contribution in [0, 0.1) is 5.92 Å². The summed E-state index contributed by atoms with van der Waals surface area (Å²) >= 11 is 0. The lowest BCUT2D eigenvalue weighted by Crippen LogP contribution is -2.52. The lowest BCUT2D eigenvalue weighted by atomic mass is 9.89. The molecule has 2 aliphatic rings. The topological polar surface area (TPSA) is 50.7 Å². The Morgan fingerprint density at radius 3 is 2.64 bits per heavy atom. The van der Waals surface area contributed by atoms with E-state index in [1.54, 1.807) is 0 Å². The number of aliphatic hydroxyl groups excluding tert-OH is 1. The highest BCUT2D eigenvalue weighted by Gasteiger charge is 2.33. The molecule has 0 spiro atoms. The number of ether oxygens (including phenoxy) is 2. The van der Waals surface area contributed by atoms with E-state index in [0.29, 0.717) is 5.92 Å². The summed E-state index contributed by atoms with van der Waals surface area (Å²) in [7, 11) is 0. The van der Waals surface area contributed by atoms with Crippen molar-refractivity contribution in [2.24, 2.45) is 5.92 Å². The van der Waals surface area contributed by atoms with E-state index in [9.17, 15) is 5.11 Å². The van der Waals surface area contributed by atoms with E-state index < -0.39 is 6.10 Å². The highest BCUT2D eigenvalue weighted by molar-refractivity contribution is 5.21. The minimum absolute atomic E-state index is 0.108. The molecule has 1 heterocycles. The summed E-state index contributed by atoms with van der Waals surface area (Å²) < 4.78 is 11.4. The van der Waals surface area contributed by atoms with Gasteiger partial charge < -0.3 is 19.9 Å². The molecule has 0 radical (unpaired) electrons. The van der Waals surface area contributed by atoms with Crippen molar-refractivity contribution in [3.8, 4) is 5.75 Å². The van der Waals surface area contributed by atoms with E-state index in [0.717, 1.165) is 57.6 Å². The molecule has 122 valence electrons. The first-order chi connectivity index (χ1) is 10.8. The molecule has 1 aliphatic heterocycles. The summed E-state index contributed by atoms with van der Waals surface area (Å²) in [5.74, 6) is 1.52. The van der Waals surface area contributed by atoms with Gasteiger partial charge in [-0.3, -0.25) is 0 Å². The summed E-state index contributed by atoms with van der Waals surface area (Å²) in [6, 6.07) is 9.95. The Morgan fingerprint density at radius 1 is 1.09 bits per heavy atom. The molecule has 1 aliphatic carbocycles. The van der Waals surface area contributed by atoms with Gasteiger partial charge in [0.1, 0.15) is 18.0 Å². The van der Waals surface area contributed by atoms with Crippen molar-refractivity contribution in [3.63, 3.8) is 0 Å². The van der Waals surface area contributed by atoms with Gasteiger partial charge in [-0.05, 0) is 56.7 Å². The van der Waals surface area contributed by atoms with Gasteiger partial charge in [0.05, 0.1) is 0 Å². The molecule has 2 N–H and O–H groups in total. The standard InChI is InChI=1S/C18H27NO3/c20-18-16(19-13-14-9-11-21-12-10-14)7-4-8-17(18)22-15-5-2-1-3-6-15/h1-3,5-6,14,16-20H,4,7-13H2/t16-,17+,18+/m0/s1. The molecule has 1 aromatic rings. The van der Waals surface area contributed by atoms with Crippen molar-refractivity contribution in [1.29, 1.82) is 0 Å². The van der Waals surface area contributed by atoms with Crippen LogP contribution in [0.2, 0.25) is 0 Å². The van der Waals surface area contributed by atoms with E-state index >= 15 is 0 Å². The average molecular weight is 305 g/mol. The minimum atomic E-state index is -0.436. The van der Waals surface area contributed by atoms with E-state index in [1.165, 1.54) is 0 Å². The van der Waals surface area contributed by atoms with Crippen LogP contribution in [0.25, 0.3) is 0 Å². The van der Waals surface area contributed by atoms with Crippen molar-refractivity contribution < 1.29 is 14.6 Å². The number of para-hydroxylation sites is 1. The second kappa shape index (κ2) is 7.95. The highest BCUT2D eigenvalue weighted by Crippen LogP contribution is 2.25. The van der Waals surface area contributed by atoms with E-state index in [1.807, 2.05) is 30.3 Å². The Labute approximate surface area is 132 Å². The maximum atomic E-state index is 10.6. The lowest BCUT2D eigenvalue weighted by molar-refractivity contribution is -0.0178. The second-order valence-corrected chi connectivity index (χ2v) is 6.46. The summed E-state index contributed by atoms with van der Waals surface area (Å²) in [4.78, 5) is 0. The first kappa shape index (κ1) is 15.8. The predicted octanol–water partition coefficient (Wildman–Crippen LogP) is 2.36. The molecule has 3 rings (SSSR count). The molecule has 1 saturated carbocycles. The summed E-state index contributed by atoms with van der Waals surface area (Å²) in [5.41, 5.74) is 0. The zero-order chi connectivity index (χ0) is 15.2. The molecule has 1 aromatic carbocycles. The van der Waals surface area contributed by atoms with Gasteiger partial charge in [-0.2, -0.15) is 0 Å². The van der Waals surface area contributed by atoms with Gasteiger partial charge in [0.15, 0.2) is 0 Å². The molecule has 0 aromatic heterocycles. The molecule has 4 nitrogen and oxygen atoms in total. The Morgan fingerprint density at radius 2 is 1.86 bits per heavy atom. The third-order valence-corrected chi connectivity index (χ3v) is 4.84. The molecule has 1 saturated heterocycles. The Balaban J connectivity index is 1.50. The van der Waals surface area contributed by atoms with Crippen LogP contribution in [0.15, 0.2) is 30.3 Å². The molecule has 0 bridgehead atoms. The van der Waals surface area contributed by atoms with Gasteiger partial charge in [0.25, 0.3) is 0 Å². The van der Waals surface area contributed by atoms with Gasteiger partial charge in [-0.25, -0.2) is 0 Å². The first-order valence-corrected chi connectivity index (χ1v) is 8.54. The quantitative estimate of drug-likeness (QED) is 0.877. The number of rotatable bonds is 5. The van der Waals surface area contributed by atoms with Gasteiger partial charge in [-0.15, -0.1) is 0 Å². The molecule has 2 fully saturated rings. The van der Waals surface area contributed by atoms with Crippen molar-refractivity contribution in [1.82, 2.24) is 5.32 Å². The number of aliphatic hydroxyl groups is 1. The summed E-state index contributed by atoms with van der Waals surface area (Å²) in [5, 5.41) is 14.2. The molecule has 4 heteroatoms.